The van der Waals surface area contributed by atoms with E-state index in [0.29, 0.717) is 51.8 Å². The first-order valence-electron chi connectivity index (χ1n) is 9.43. The van der Waals surface area contributed by atoms with Crippen LogP contribution in [0.5, 0.6) is 0 Å². The van der Waals surface area contributed by atoms with Crippen molar-refractivity contribution < 1.29 is 33.2 Å². The Morgan fingerprint density at radius 3 is 2.26 bits per heavy atom. The summed E-state index contributed by atoms with van der Waals surface area (Å²) in [7, 11) is 1.37. The van der Waals surface area contributed by atoms with Crippen LogP contribution in [0.1, 0.15) is 35.2 Å². The van der Waals surface area contributed by atoms with Gasteiger partial charge in [-0.05, 0) is 37.0 Å². The molecule has 1 aliphatic heterocycles. The first-order chi connectivity index (χ1) is 13.3. The smallest absolute Gasteiger partial charge is 0.337 e. The number of carbonyl (C=O) groups excluding carboxylic acids is 1. The number of carbonyl (C=O) groups is 1. The number of esters is 1. The van der Waals surface area contributed by atoms with E-state index in [4.69, 9.17) is 23.7 Å². The van der Waals surface area contributed by atoms with E-state index in [1.54, 1.807) is 12.1 Å². The molecule has 27 heavy (non-hydrogen) atoms. The van der Waals surface area contributed by atoms with Crippen LogP contribution >= 0.6 is 0 Å². The minimum atomic E-state index is -0.341. The van der Waals surface area contributed by atoms with Gasteiger partial charge in [0.2, 0.25) is 0 Å². The highest BCUT2D eigenvalue weighted by Gasteiger charge is 2.13. The van der Waals surface area contributed by atoms with E-state index in [2.05, 4.69) is 4.74 Å². The Morgan fingerprint density at radius 1 is 0.963 bits per heavy atom. The average Bonchev–Trinajstić information content (AvgIpc) is 2.72. The molecule has 0 bridgehead atoms. The number of benzene rings is 1. The van der Waals surface area contributed by atoms with Crippen LogP contribution in [0.3, 0.4) is 0 Å². The number of methoxy groups -OCH3 is 1. The minimum Gasteiger partial charge on any atom is -0.465 e. The van der Waals surface area contributed by atoms with Gasteiger partial charge in [-0.1, -0.05) is 12.1 Å². The fourth-order valence-corrected chi connectivity index (χ4v) is 2.57. The normalized spacial score (nSPS) is 17.0. The third-order valence-corrected chi connectivity index (χ3v) is 4.06. The molecule has 0 saturated carbocycles. The van der Waals surface area contributed by atoms with Crippen molar-refractivity contribution in [2.75, 3.05) is 53.4 Å². The van der Waals surface area contributed by atoms with Crippen LogP contribution in [-0.4, -0.2) is 65.6 Å². The van der Waals surface area contributed by atoms with Gasteiger partial charge in [-0.15, -0.1) is 0 Å². The molecule has 1 aliphatic rings. The zero-order valence-corrected chi connectivity index (χ0v) is 16.0. The summed E-state index contributed by atoms with van der Waals surface area (Å²) in [5.41, 5.74) is 1.52. The summed E-state index contributed by atoms with van der Waals surface area (Å²) in [5, 5.41) is 0. The molecule has 0 N–H and O–H groups in total. The standard InChI is InChI=1S/C20H30O7/c1-22-20(21)18-7-5-17(6-8-18)16-25-13-12-23-10-11-24-14-15-27-19-4-2-3-9-26-19/h5-8,19H,2-4,9-16H2,1H3. The first-order valence-corrected chi connectivity index (χ1v) is 9.43. The Kier molecular flexibility index (Phi) is 11.0. The molecular formula is C20H30O7. The molecule has 1 unspecified atom stereocenters. The van der Waals surface area contributed by atoms with Gasteiger partial charge >= 0.3 is 5.97 Å². The lowest BCUT2D eigenvalue weighted by Gasteiger charge is -2.22. The molecular weight excluding hydrogens is 352 g/mol. The van der Waals surface area contributed by atoms with Crippen LogP contribution < -0.4 is 0 Å². The monoisotopic (exact) mass is 382 g/mol. The molecule has 7 heteroatoms. The quantitative estimate of drug-likeness (QED) is 0.383. The van der Waals surface area contributed by atoms with Crippen molar-refractivity contribution in [2.45, 2.75) is 32.2 Å². The van der Waals surface area contributed by atoms with E-state index >= 15 is 0 Å². The summed E-state index contributed by atoms with van der Waals surface area (Å²) in [6.07, 6.45) is 3.20. The van der Waals surface area contributed by atoms with Crippen LogP contribution in [-0.2, 0) is 35.0 Å². The highest BCUT2D eigenvalue weighted by molar-refractivity contribution is 5.89. The molecule has 1 aromatic rings. The lowest BCUT2D eigenvalue weighted by atomic mass is 10.1. The molecule has 0 radical (unpaired) electrons. The maximum atomic E-state index is 11.3. The lowest BCUT2D eigenvalue weighted by molar-refractivity contribution is -0.169. The summed E-state index contributed by atoms with van der Waals surface area (Å²) in [5.74, 6) is -0.341. The van der Waals surface area contributed by atoms with Gasteiger partial charge in [0.25, 0.3) is 0 Å². The van der Waals surface area contributed by atoms with Gasteiger partial charge < -0.3 is 28.4 Å². The van der Waals surface area contributed by atoms with Crippen molar-refractivity contribution in [3.63, 3.8) is 0 Å². The van der Waals surface area contributed by atoms with Crippen molar-refractivity contribution in [1.82, 2.24) is 0 Å². The summed E-state index contributed by atoms with van der Waals surface area (Å²) in [6, 6.07) is 7.15. The number of hydrogen-bond donors (Lipinski definition) is 0. The zero-order chi connectivity index (χ0) is 19.2. The van der Waals surface area contributed by atoms with E-state index in [1.165, 1.54) is 13.5 Å². The lowest BCUT2D eigenvalue weighted by Crippen LogP contribution is -2.24. The predicted molar refractivity (Wildman–Crippen MR) is 98.6 cm³/mol. The number of hydrogen-bond acceptors (Lipinski definition) is 7. The zero-order valence-electron chi connectivity index (χ0n) is 16.0. The molecule has 1 heterocycles. The van der Waals surface area contributed by atoms with E-state index < -0.39 is 0 Å². The third-order valence-electron chi connectivity index (χ3n) is 4.06. The van der Waals surface area contributed by atoms with E-state index in [0.717, 1.165) is 25.0 Å². The second-order valence-corrected chi connectivity index (χ2v) is 6.13. The molecule has 0 aromatic heterocycles. The summed E-state index contributed by atoms with van der Waals surface area (Å²) in [6.45, 7) is 4.42. The van der Waals surface area contributed by atoms with E-state index in [9.17, 15) is 4.79 Å². The minimum absolute atomic E-state index is 0.0626. The van der Waals surface area contributed by atoms with Gasteiger partial charge in [0.15, 0.2) is 6.29 Å². The highest BCUT2D eigenvalue weighted by atomic mass is 16.7. The topological polar surface area (TPSA) is 72.5 Å². The van der Waals surface area contributed by atoms with E-state index in [1.807, 2.05) is 12.1 Å². The molecule has 1 saturated heterocycles. The average molecular weight is 382 g/mol. The maximum absolute atomic E-state index is 11.3. The van der Waals surface area contributed by atoms with Gasteiger partial charge in [-0.25, -0.2) is 4.79 Å². The fraction of sp³-hybridized carbons (Fsp3) is 0.650. The molecule has 152 valence electrons. The van der Waals surface area contributed by atoms with Crippen molar-refractivity contribution in [3.8, 4) is 0 Å². The Labute approximate surface area is 160 Å². The van der Waals surface area contributed by atoms with Crippen molar-refractivity contribution >= 4 is 5.97 Å². The third kappa shape index (κ3) is 9.30. The number of rotatable bonds is 13. The van der Waals surface area contributed by atoms with Gasteiger partial charge in [-0.3, -0.25) is 0 Å². The second kappa shape index (κ2) is 13.6. The molecule has 1 fully saturated rings. The molecule has 1 atom stereocenters. The van der Waals surface area contributed by atoms with Crippen LogP contribution in [0, 0.1) is 0 Å². The van der Waals surface area contributed by atoms with Crippen molar-refractivity contribution in [3.05, 3.63) is 35.4 Å². The Morgan fingerprint density at radius 2 is 1.63 bits per heavy atom. The molecule has 0 amide bonds. The SMILES string of the molecule is COC(=O)c1ccc(COCCOCCOCCOC2CCCCO2)cc1. The molecule has 0 aliphatic carbocycles. The van der Waals surface area contributed by atoms with Gasteiger partial charge in [-0.2, -0.15) is 0 Å². The van der Waals surface area contributed by atoms with Crippen LogP contribution in [0.15, 0.2) is 24.3 Å². The Bertz CT molecular complexity index is 512. The molecule has 0 spiro atoms. The van der Waals surface area contributed by atoms with E-state index in [-0.39, 0.29) is 12.3 Å². The summed E-state index contributed by atoms with van der Waals surface area (Å²) >= 11 is 0. The largest absolute Gasteiger partial charge is 0.465 e. The maximum Gasteiger partial charge on any atom is 0.337 e. The molecule has 7 nitrogen and oxygen atoms in total. The molecule has 2 rings (SSSR count). The van der Waals surface area contributed by atoms with Crippen LogP contribution in [0.25, 0.3) is 0 Å². The highest BCUT2D eigenvalue weighted by Crippen LogP contribution is 2.13. The van der Waals surface area contributed by atoms with Gasteiger partial charge in [0.05, 0.1) is 58.9 Å². The van der Waals surface area contributed by atoms with Crippen LogP contribution in [0.2, 0.25) is 0 Å². The first kappa shape index (κ1) is 21.8. The summed E-state index contributed by atoms with van der Waals surface area (Å²) in [4.78, 5) is 11.3. The molecule has 1 aromatic carbocycles. The number of ether oxygens (including phenoxy) is 6. The van der Waals surface area contributed by atoms with Gasteiger partial charge in [0.1, 0.15) is 0 Å². The Balaban J connectivity index is 1.37. The second-order valence-electron chi connectivity index (χ2n) is 6.13. The predicted octanol–water partition coefficient (Wildman–Crippen LogP) is 2.57. The van der Waals surface area contributed by atoms with Crippen LogP contribution in [0.4, 0.5) is 0 Å². The van der Waals surface area contributed by atoms with Gasteiger partial charge in [0, 0.05) is 6.61 Å². The van der Waals surface area contributed by atoms with Crippen molar-refractivity contribution in [2.24, 2.45) is 0 Å². The van der Waals surface area contributed by atoms with Crippen molar-refractivity contribution in [1.29, 1.82) is 0 Å². The fourth-order valence-electron chi connectivity index (χ4n) is 2.57. The Hall–Kier alpha value is -1.51. The summed E-state index contributed by atoms with van der Waals surface area (Å²) < 4.78 is 32.2.